The van der Waals surface area contributed by atoms with Crippen molar-refractivity contribution in [2.75, 3.05) is 18.5 Å². The fraction of sp³-hybridized carbons (Fsp3) is 0.353. The van der Waals surface area contributed by atoms with Crippen LogP contribution in [0.4, 0.5) is 5.69 Å². The Kier molecular flexibility index (Phi) is 6.34. The summed E-state index contributed by atoms with van der Waals surface area (Å²) in [5.41, 5.74) is 2.72. The van der Waals surface area contributed by atoms with Gasteiger partial charge in [-0.3, -0.25) is 9.59 Å². The summed E-state index contributed by atoms with van der Waals surface area (Å²) >= 11 is 0. The lowest BCUT2D eigenvalue weighted by Gasteiger charge is -2.11. The second-order valence-electron chi connectivity index (χ2n) is 5.93. The molecule has 9 nitrogen and oxygen atoms in total. The highest BCUT2D eigenvalue weighted by molar-refractivity contribution is 7.89. The number of aryl methyl sites for hydroxylation is 3. The molecule has 0 fully saturated rings. The van der Waals surface area contributed by atoms with E-state index in [0.29, 0.717) is 5.69 Å². The third-order valence-electron chi connectivity index (χ3n) is 3.89. The molecule has 2 N–H and O–H groups in total. The molecule has 0 unspecified atom stereocenters. The maximum absolute atomic E-state index is 12.2. The summed E-state index contributed by atoms with van der Waals surface area (Å²) in [4.78, 5) is 23.5. The van der Waals surface area contributed by atoms with E-state index in [1.807, 2.05) is 19.9 Å². The van der Waals surface area contributed by atoms with Crippen LogP contribution in [0.3, 0.4) is 0 Å². The van der Waals surface area contributed by atoms with Crippen LogP contribution in [0, 0.1) is 27.7 Å². The number of nitrogens with one attached hydrogen (secondary N) is 2. The summed E-state index contributed by atoms with van der Waals surface area (Å²) in [5, 5.41) is 6.20. The predicted octanol–water partition coefficient (Wildman–Crippen LogP) is 1.37. The molecule has 0 aliphatic rings. The quantitative estimate of drug-likeness (QED) is 0.678. The molecule has 146 valence electrons. The molecule has 2 rings (SSSR count). The number of aromatic nitrogens is 1. The number of carbonyl (C=O) groups is 2. The first-order valence-electron chi connectivity index (χ1n) is 8.06. The lowest BCUT2D eigenvalue weighted by Crippen LogP contribution is -2.32. The van der Waals surface area contributed by atoms with Crippen molar-refractivity contribution in [1.29, 1.82) is 0 Å². The van der Waals surface area contributed by atoms with Crippen LogP contribution in [0.1, 0.15) is 22.6 Å². The second-order valence-corrected chi connectivity index (χ2v) is 7.64. The van der Waals surface area contributed by atoms with Gasteiger partial charge in [0.25, 0.3) is 5.91 Å². The van der Waals surface area contributed by atoms with Gasteiger partial charge in [0.05, 0.1) is 0 Å². The van der Waals surface area contributed by atoms with E-state index in [0.717, 1.165) is 11.1 Å². The van der Waals surface area contributed by atoms with Crippen LogP contribution in [0.25, 0.3) is 0 Å². The fourth-order valence-corrected chi connectivity index (χ4v) is 3.65. The molecule has 0 saturated heterocycles. The number of sulfonamides is 1. The SMILES string of the molecule is Cc1cccc(NC(=O)COC(=O)CNS(=O)(=O)c2c(C)noc2C)c1C. The Labute approximate surface area is 157 Å². The Balaban J connectivity index is 1.86. The lowest BCUT2D eigenvalue weighted by atomic mass is 10.1. The molecule has 0 radical (unpaired) electrons. The van der Waals surface area contributed by atoms with Gasteiger partial charge < -0.3 is 14.6 Å². The van der Waals surface area contributed by atoms with E-state index < -0.39 is 35.1 Å². The van der Waals surface area contributed by atoms with Crippen LogP contribution >= 0.6 is 0 Å². The van der Waals surface area contributed by atoms with E-state index in [2.05, 4.69) is 15.2 Å². The van der Waals surface area contributed by atoms with Crippen LogP contribution in [-0.4, -0.2) is 38.6 Å². The average Bonchev–Trinajstić information content (AvgIpc) is 2.94. The highest BCUT2D eigenvalue weighted by atomic mass is 32.2. The number of carbonyl (C=O) groups excluding carboxylic acids is 2. The van der Waals surface area contributed by atoms with Crippen molar-refractivity contribution in [3.63, 3.8) is 0 Å². The molecule has 0 spiro atoms. The Hall–Kier alpha value is -2.72. The Morgan fingerprint density at radius 1 is 1.19 bits per heavy atom. The Morgan fingerprint density at radius 3 is 2.52 bits per heavy atom. The topological polar surface area (TPSA) is 128 Å². The predicted molar refractivity (Wildman–Crippen MR) is 96.7 cm³/mol. The Morgan fingerprint density at radius 2 is 1.89 bits per heavy atom. The Bertz CT molecular complexity index is 946. The molecule has 1 heterocycles. The molecule has 1 amide bonds. The molecule has 0 atom stereocenters. The molecule has 2 aromatic rings. The molecule has 0 aliphatic carbocycles. The van der Waals surface area contributed by atoms with Crippen LogP contribution in [0.2, 0.25) is 0 Å². The van der Waals surface area contributed by atoms with Crippen molar-refractivity contribution >= 4 is 27.6 Å². The number of amides is 1. The first-order chi connectivity index (χ1) is 12.6. The molecular formula is C17H21N3O6S. The highest BCUT2D eigenvalue weighted by Crippen LogP contribution is 2.19. The first-order valence-corrected chi connectivity index (χ1v) is 9.54. The minimum atomic E-state index is -3.98. The number of nitrogens with zero attached hydrogens (tertiary/aromatic N) is 1. The van der Waals surface area contributed by atoms with E-state index in [1.165, 1.54) is 13.8 Å². The van der Waals surface area contributed by atoms with Gasteiger partial charge in [0.2, 0.25) is 10.0 Å². The summed E-state index contributed by atoms with van der Waals surface area (Å²) in [6.07, 6.45) is 0. The number of hydrogen-bond acceptors (Lipinski definition) is 7. The van der Waals surface area contributed by atoms with Crippen molar-refractivity contribution in [1.82, 2.24) is 9.88 Å². The minimum Gasteiger partial charge on any atom is -0.455 e. The molecule has 10 heteroatoms. The minimum absolute atomic E-state index is 0.112. The number of esters is 1. The van der Waals surface area contributed by atoms with Gasteiger partial charge in [-0.05, 0) is 44.9 Å². The zero-order valence-electron chi connectivity index (χ0n) is 15.5. The van der Waals surface area contributed by atoms with Crippen molar-refractivity contribution < 1.29 is 27.3 Å². The van der Waals surface area contributed by atoms with Crippen LogP contribution in [-0.2, 0) is 24.3 Å². The monoisotopic (exact) mass is 395 g/mol. The van der Waals surface area contributed by atoms with Crippen molar-refractivity contribution in [3.05, 3.63) is 40.8 Å². The van der Waals surface area contributed by atoms with E-state index in [1.54, 1.807) is 12.1 Å². The van der Waals surface area contributed by atoms with Gasteiger partial charge >= 0.3 is 5.97 Å². The van der Waals surface area contributed by atoms with Gasteiger partial charge in [0.15, 0.2) is 12.4 Å². The number of ether oxygens (including phenoxy) is 1. The summed E-state index contributed by atoms with van der Waals surface area (Å²) in [6, 6.07) is 5.45. The van der Waals surface area contributed by atoms with E-state index >= 15 is 0 Å². The van der Waals surface area contributed by atoms with Gasteiger partial charge in [0, 0.05) is 5.69 Å². The maximum Gasteiger partial charge on any atom is 0.321 e. The van der Waals surface area contributed by atoms with Gasteiger partial charge in [-0.1, -0.05) is 17.3 Å². The summed E-state index contributed by atoms with van der Waals surface area (Å²) in [7, 11) is -3.98. The highest BCUT2D eigenvalue weighted by Gasteiger charge is 2.25. The van der Waals surface area contributed by atoms with Crippen molar-refractivity contribution in [2.45, 2.75) is 32.6 Å². The molecule has 0 bridgehead atoms. The van der Waals surface area contributed by atoms with Gasteiger partial charge in [-0.15, -0.1) is 0 Å². The standard InChI is InChI=1S/C17H21N3O6S/c1-10-6-5-7-14(11(10)2)19-15(21)9-25-16(22)8-18-27(23,24)17-12(3)20-26-13(17)4/h5-7,18H,8-9H2,1-4H3,(H,19,21). The number of anilines is 1. The lowest BCUT2D eigenvalue weighted by molar-refractivity contribution is -0.146. The zero-order valence-corrected chi connectivity index (χ0v) is 16.3. The fourth-order valence-electron chi connectivity index (χ4n) is 2.35. The molecule has 0 aliphatic heterocycles. The van der Waals surface area contributed by atoms with Crippen molar-refractivity contribution in [3.8, 4) is 0 Å². The number of rotatable bonds is 7. The van der Waals surface area contributed by atoms with Crippen molar-refractivity contribution in [2.24, 2.45) is 0 Å². The summed E-state index contributed by atoms with van der Waals surface area (Å²) < 4.78 is 36.1. The molecule has 0 saturated carbocycles. The largest absolute Gasteiger partial charge is 0.455 e. The second kappa shape index (κ2) is 8.31. The first kappa shape index (κ1) is 20.6. The van der Waals surface area contributed by atoms with Crippen LogP contribution < -0.4 is 10.0 Å². The van der Waals surface area contributed by atoms with Crippen LogP contribution in [0.15, 0.2) is 27.6 Å². The summed E-state index contributed by atoms with van der Waals surface area (Å²) in [5.74, 6) is -1.30. The molecule has 1 aromatic carbocycles. The van der Waals surface area contributed by atoms with Crippen LogP contribution in [0.5, 0.6) is 0 Å². The van der Waals surface area contributed by atoms with E-state index in [-0.39, 0.29) is 16.3 Å². The molecule has 1 aromatic heterocycles. The zero-order chi connectivity index (χ0) is 20.2. The van der Waals surface area contributed by atoms with Gasteiger partial charge in [0.1, 0.15) is 17.1 Å². The van der Waals surface area contributed by atoms with E-state index in [4.69, 9.17) is 9.26 Å². The third kappa shape index (κ3) is 5.14. The van der Waals surface area contributed by atoms with E-state index in [9.17, 15) is 18.0 Å². The van der Waals surface area contributed by atoms with Gasteiger partial charge in [-0.2, -0.15) is 4.72 Å². The normalized spacial score (nSPS) is 11.3. The number of benzene rings is 1. The maximum atomic E-state index is 12.2. The van der Waals surface area contributed by atoms with Gasteiger partial charge in [-0.25, -0.2) is 8.42 Å². The molecule has 27 heavy (non-hydrogen) atoms. The average molecular weight is 395 g/mol. The number of hydrogen-bond donors (Lipinski definition) is 2. The third-order valence-corrected chi connectivity index (χ3v) is 5.53. The molecular weight excluding hydrogens is 374 g/mol. The summed E-state index contributed by atoms with van der Waals surface area (Å²) in [6.45, 7) is 5.55. The smallest absolute Gasteiger partial charge is 0.321 e.